The number of carbonyl (C=O) groups is 2. The number of rotatable bonds is 5. The van der Waals surface area contributed by atoms with Gasteiger partial charge in [-0.15, -0.1) is 0 Å². The number of hydrogen-bond acceptors (Lipinski definition) is 7. The number of likely N-dealkylation sites (tertiary alicyclic amines) is 1. The number of methoxy groups -OCH3 is 1. The van der Waals surface area contributed by atoms with Gasteiger partial charge in [0.15, 0.2) is 5.72 Å². The number of aliphatic hydroxyl groups is 1. The average Bonchev–Trinajstić information content (AvgIpc) is 2.88. The fourth-order valence-corrected chi connectivity index (χ4v) is 4.50. The van der Waals surface area contributed by atoms with Crippen molar-refractivity contribution >= 4 is 29.4 Å². The SMILES string of the molecule is COC(=O)N1CCC(c2cnc(N)c(-c3ccc(C(=O)NC(C)(O)c4cccc(Cl)c4)c(F)c3)n2)CC1. The van der Waals surface area contributed by atoms with E-state index in [4.69, 9.17) is 22.1 Å². The molecule has 0 spiro atoms. The number of nitrogen functional groups attached to an aromatic ring is 1. The maximum Gasteiger partial charge on any atom is 0.409 e. The fraction of sp³-hybridized carbons (Fsp3) is 0.308. The van der Waals surface area contributed by atoms with E-state index in [0.717, 1.165) is 6.07 Å². The third-order valence-electron chi connectivity index (χ3n) is 6.40. The van der Waals surface area contributed by atoms with Crippen LogP contribution in [-0.2, 0) is 10.5 Å². The zero-order valence-corrected chi connectivity index (χ0v) is 21.1. The maximum atomic E-state index is 15.1. The summed E-state index contributed by atoms with van der Waals surface area (Å²) < 4.78 is 19.8. The molecule has 3 aromatic rings. The Hall–Kier alpha value is -3.76. The van der Waals surface area contributed by atoms with Gasteiger partial charge in [-0.25, -0.2) is 19.2 Å². The highest BCUT2D eigenvalue weighted by Crippen LogP contribution is 2.31. The molecule has 0 saturated carbocycles. The Balaban J connectivity index is 1.52. The molecule has 1 unspecified atom stereocenters. The Morgan fingerprint density at radius 2 is 1.97 bits per heavy atom. The number of piperidine rings is 1. The molecule has 4 rings (SSSR count). The second-order valence-corrected chi connectivity index (χ2v) is 9.43. The number of anilines is 1. The van der Waals surface area contributed by atoms with Gasteiger partial charge in [0.2, 0.25) is 0 Å². The summed E-state index contributed by atoms with van der Waals surface area (Å²) in [6, 6.07) is 10.4. The quantitative estimate of drug-likeness (QED) is 0.426. The first-order chi connectivity index (χ1) is 17.6. The molecule has 1 aliphatic rings. The molecule has 4 N–H and O–H groups in total. The van der Waals surface area contributed by atoms with E-state index in [1.807, 2.05) is 0 Å². The number of nitrogens with one attached hydrogen (secondary N) is 1. The largest absolute Gasteiger partial charge is 0.453 e. The van der Waals surface area contributed by atoms with Gasteiger partial charge in [-0.2, -0.15) is 0 Å². The minimum atomic E-state index is -1.78. The molecule has 0 aliphatic carbocycles. The molecule has 2 heterocycles. The molecule has 11 heteroatoms. The zero-order valence-electron chi connectivity index (χ0n) is 20.4. The smallest absolute Gasteiger partial charge is 0.409 e. The molecular weight excluding hydrogens is 501 g/mol. The van der Waals surface area contributed by atoms with E-state index in [9.17, 15) is 14.7 Å². The minimum absolute atomic E-state index is 0.0522. The fourth-order valence-electron chi connectivity index (χ4n) is 4.31. The molecular formula is C26H27ClFN5O4. The van der Waals surface area contributed by atoms with E-state index < -0.39 is 17.4 Å². The van der Waals surface area contributed by atoms with E-state index in [0.29, 0.717) is 53.5 Å². The van der Waals surface area contributed by atoms with Crippen LogP contribution in [0, 0.1) is 5.82 Å². The molecule has 0 bridgehead atoms. The van der Waals surface area contributed by atoms with Gasteiger partial charge in [0.05, 0.1) is 24.6 Å². The van der Waals surface area contributed by atoms with Gasteiger partial charge >= 0.3 is 6.09 Å². The summed E-state index contributed by atoms with van der Waals surface area (Å²) in [6.45, 7) is 2.42. The van der Waals surface area contributed by atoms with Crippen LogP contribution >= 0.6 is 11.6 Å². The van der Waals surface area contributed by atoms with Crippen molar-refractivity contribution in [3.63, 3.8) is 0 Å². The van der Waals surface area contributed by atoms with Gasteiger partial charge < -0.3 is 25.8 Å². The molecule has 9 nitrogen and oxygen atoms in total. The predicted molar refractivity (Wildman–Crippen MR) is 136 cm³/mol. The third kappa shape index (κ3) is 5.81. The lowest BCUT2D eigenvalue weighted by Crippen LogP contribution is -2.43. The number of amides is 2. The van der Waals surface area contributed by atoms with Crippen LogP contribution in [0.25, 0.3) is 11.3 Å². The van der Waals surface area contributed by atoms with Gasteiger partial charge in [0, 0.05) is 35.2 Å². The lowest BCUT2D eigenvalue weighted by atomic mass is 9.93. The number of benzene rings is 2. The lowest BCUT2D eigenvalue weighted by molar-refractivity contribution is 0.0195. The van der Waals surface area contributed by atoms with E-state index in [2.05, 4.69) is 15.3 Å². The summed E-state index contributed by atoms with van der Waals surface area (Å²) in [4.78, 5) is 35.0. The van der Waals surface area contributed by atoms with Crippen molar-refractivity contribution in [3.05, 3.63) is 76.3 Å². The molecule has 0 radical (unpaired) electrons. The molecule has 194 valence electrons. The number of halogens is 2. The second-order valence-electron chi connectivity index (χ2n) is 8.99. The summed E-state index contributed by atoms with van der Waals surface area (Å²) in [6.07, 6.45) is 2.57. The van der Waals surface area contributed by atoms with Crippen molar-refractivity contribution in [1.82, 2.24) is 20.2 Å². The number of aromatic nitrogens is 2. The first kappa shape index (κ1) is 26.3. The monoisotopic (exact) mass is 527 g/mol. The first-order valence-electron chi connectivity index (χ1n) is 11.6. The van der Waals surface area contributed by atoms with Crippen molar-refractivity contribution in [2.24, 2.45) is 0 Å². The molecule has 1 aliphatic heterocycles. The van der Waals surface area contributed by atoms with Crippen LogP contribution in [0.2, 0.25) is 5.02 Å². The predicted octanol–water partition coefficient (Wildman–Crippen LogP) is 4.06. The third-order valence-corrected chi connectivity index (χ3v) is 6.63. The average molecular weight is 528 g/mol. The molecule has 1 saturated heterocycles. The summed E-state index contributed by atoms with van der Waals surface area (Å²) >= 11 is 5.98. The molecule has 1 atom stereocenters. The Morgan fingerprint density at radius 1 is 1.24 bits per heavy atom. The van der Waals surface area contributed by atoms with Crippen molar-refractivity contribution in [3.8, 4) is 11.3 Å². The molecule has 2 aromatic carbocycles. The number of nitrogens with two attached hydrogens (primary N) is 1. The summed E-state index contributed by atoms with van der Waals surface area (Å²) in [7, 11) is 1.35. The van der Waals surface area contributed by atoms with Crippen LogP contribution in [0.15, 0.2) is 48.7 Å². The highest BCUT2D eigenvalue weighted by atomic mass is 35.5. The van der Waals surface area contributed by atoms with Crippen LogP contribution in [0.1, 0.15) is 47.3 Å². The zero-order chi connectivity index (χ0) is 26.7. The van der Waals surface area contributed by atoms with E-state index >= 15 is 4.39 Å². The number of ether oxygens (including phenoxy) is 1. The van der Waals surface area contributed by atoms with Gasteiger partial charge in [-0.3, -0.25) is 4.79 Å². The van der Waals surface area contributed by atoms with Crippen molar-refractivity contribution in [2.75, 3.05) is 25.9 Å². The van der Waals surface area contributed by atoms with Crippen LogP contribution in [0.4, 0.5) is 15.0 Å². The van der Waals surface area contributed by atoms with Crippen molar-refractivity contribution in [1.29, 1.82) is 0 Å². The topological polar surface area (TPSA) is 131 Å². The van der Waals surface area contributed by atoms with Crippen LogP contribution in [0.3, 0.4) is 0 Å². The lowest BCUT2D eigenvalue weighted by Gasteiger charge is -2.30. The normalized spacial score (nSPS) is 15.6. The van der Waals surface area contributed by atoms with Gasteiger partial charge in [0.1, 0.15) is 17.3 Å². The highest BCUT2D eigenvalue weighted by molar-refractivity contribution is 6.30. The molecule has 37 heavy (non-hydrogen) atoms. The van der Waals surface area contributed by atoms with Crippen LogP contribution in [0.5, 0.6) is 0 Å². The standard InChI is InChI=1S/C26H27ClFN5O4/c1-26(36,17-4-3-5-18(27)13-17)32-24(34)19-7-6-16(12-20(19)28)22-23(29)30-14-21(31-22)15-8-10-33(11-9-15)25(35)37-2/h3-7,12-15,36H,8-11H2,1-2H3,(H2,29,30)(H,32,34). The van der Waals surface area contributed by atoms with Gasteiger partial charge in [-0.05, 0) is 44.0 Å². The molecule has 1 fully saturated rings. The Bertz CT molecular complexity index is 1330. The van der Waals surface area contributed by atoms with E-state index in [-0.39, 0.29) is 23.4 Å². The Kier molecular flexibility index (Phi) is 7.60. The number of carbonyl (C=O) groups excluding carboxylic acids is 2. The molecule has 2 amide bonds. The maximum absolute atomic E-state index is 15.1. The van der Waals surface area contributed by atoms with E-state index in [1.165, 1.54) is 32.2 Å². The van der Waals surface area contributed by atoms with E-state index in [1.54, 1.807) is 29.3 Å². The Labute approximate surface area is 218 Å². The summed E-state index contributed by atoms with van der Waals surface area (Å²) in [5.74, 6) is -1.44. The summed E-state index contributed by atoms with van der Waals surface area (Å²) in [5, 5.41) is 13.6. The number of nitrogens with zero attached hydrogens (tertiary/aromatic N) is 3. The van der Waals surface area contributed by atoms with Gasteiger partial charge in [-0.1, -0.05) is 29.8 Å². The highest BCUT2D eigenvalue weighted by Gasteiger charge is 2.28. The molecule has 1 aromatic heterocycles. The van der Waals surface area contributed by atoms with Crippen LogP contribution in [-0.4, -0.2) is 52.2 Å². The van der Waals surface area contributed by atoms with Crippen molar-refractivity contribution < 1.29 is 23.8 Å². The Morgan fingerprint density at radius 3 is 2.62 bits per heavy atom. The van der Waals surface area contributed by atoms with Crippen molar-refractivity contribution in [2.45, 2.75) is 31.4 Å². The van der Waals surface area contributed by atoms with Crippen LogP contribution < -0.4 is 11.1 Å². The second kappa shape index (κ2) is 10.7. The first-order valence-corrected chi connectivity index (χ1v) is 12.0. The summed E-state index contributed by atoms with van der Waals surface area (Å²) in [5.41, 5.74) is 5.70. The van der Waals surface area contributed by atoms with Gasteiger partial charge in [0.25, 0.3) is 5.91 Å². The minimum Gasteiger partial charge on any atom is -0.453 e. The number of hydrogen-bond donors (Lipinski definition) is 3.